The summed E-state index contributed by atoms with van der Waals surface area (Å²) in [5.41, 5.74) is 0.639. The Hall–Kier alpha value is -3.34. The van der Waals surface area contributed by atoms with Crippen molar-refractivity contribution in [3.63, 3.8) is 0 Å². The lowest BCUT2D eigenvalue weighted by Gasteiger charge is -2.15. The maximum Gasteiger partial charge on any atom is 0.265 e. The van der Waals surface area contributed by atoms with E-state index in [0.29, 0.717) is 17.2 Å². The van der Waals surface area contributed by atoms with Crippen LogP contribution in [0.15, 0.2) is 79.1 Å². The van der Waals surface area contributed by atoms with Gasteiger partial charge in [0.25, 0.3) is 5.91 Å². The second kappa shape index (κ2) is 7.97. The maximum absolute atomic E-state index is 12.3. The van der Waals surface area contributed by atoms with Crippen molar-refractivity contribution >= 4 is 11.6 Å². The largest absolute Gasteiger partial charge is 0.479 e. The number of benzene rings is 2. The second-order valence-corrected chi connectivity index (χ2v) is 5.38. The number of aromatic nitrogens is 1. The molecule has 3 aromatic rings. The van der Waals surface area contributed by atoms with Crippen molar-refractivity contribution in [1.29, 1.82) is 0 Å². The van der Waals surface area contributed by atoms with Gasteiger partial charge < -0.3 is 14.8 Å². The van der Waals surface area contributed by atoms with Crippen molar-refractivity contribution < 1.29 is 14.3 Å². The minimum absolute atomic E-state index is 0.249. The van der Waals surface area contributed by atoms with Crippen LogP contribution in [-0.4, -0.2) is 17.0 Å². The molecule has 0 bridgehead atoms. The molecule has 3 rings (SSSR count). The van der Waals surface area contributed by atoms with E-state index in [9.17, 15) is 4.79 Å². The molecule has 2 aromatic carbocycles. The highest BCUT2D eigenvalue weighted by atomic mass is 16.5. The molecule has 0 radical (unpaired) electrons. The summed E-state index contributed by atoms with van der Waals surface area (Å²) in [6.07, 6.45) is 2.57. The first-order chi connectivity index (χ1) is 12.2. The number of hydrogen-bond donors (Lipinski definition) is 1. The Morgan fingerprint density at radius 2 is 1.72 bits per heavy atom. The van der Waals surface area contributed by atoms with Gasteiger partial charge in [0, 0.05) is 18.0 Å². The SMILES string of the molecule is CC(Oc1cccnc1)C(=O)Nc1cccc(Oc2ccccc2)c1. The van der Waals surface area contributed by atoms with E-state index in [1.165, 1.54) is 0 Å². The van der Waals surface area contributed by atoms with Crippen molar-refractivity contribution in [2.24, 2.45) is 0 Å². The number of hydrogen-bond acceptors (Lipinski definition) is 4. The molecule has 1 amide bonds. The number of ether oxygens (including phenoxy) is 2. The monoisotopic (exact) mass is 334 g/mol. The fraction of sp³-hybridized carbons (Fsp3) is 0.100. The summed E-state index contributed by atoms with van der Waals surface area (Å²) in [6.45, 7) is 1.69. The Kier molecular flexibility index (Phi) is 5.26. The summed E-state index contributed by atoms with van der Waals surface area (Å²) in [7, 11) is 0. The van der Waals surface area contributed by atoms with Crippen molar-refractivity contribution in [1.82, 2.24) is 4.98 Å². The zero-order chi connectivity index (χ0) is 17.5. The van der Waals surface area contributed by atoms with Crippen molar-refractivity contribution in [2.45, 2.75) is 13.0 Å². The number of pyridine rings is 1. The molecule has 0 spiro atoms. The highest BCUT2D eigenvalue weighted by molar-refractivity contribution is 5.94. The van der Waals surface area contributed by atoms with E-state index in [0.717, 1.165) is 5.75 Å². The molecule has 0 saturated carbocycles. The van der Waals surface area contributed by atoms with Gasteiger partial charge >= 0.3 is 0 Å². The Labute approximate surface area is 146 Å². The molecule has 1 unspecified atom stereocenters. The first-order valence-corrected chi connectivity index (χ1v) is 7.91. The van der Waals surface area contributed by atoms with Gasteiger partial charge in [-0.05, 0) is 43.3 Å². The zero-order valence-corrected chi connectivity index (χ0v) is 13.8. The van der Waals surface area contributed by atoms with Crippen molar-refractivity contribution in [3.05, 3.63) is 79.1 Å². The second-order valence-electron chi connectivity index (χ2n) is 5.38. The third-order valence-corrected chi connectivity index (χ3v) is 3.40. The van der Waals surface area contributed by atoms with Crippen LogP contribution in [0.3, 0.4) is 0 Å². The van der Waals surface area contributed by atoms with E-state index in [1.807, 2.05) is 42.5 Å². The first-order valence-electron chi connectivity index (χ1n) is 7.91. The Balaban J connectivity index is 1.62. The lowest BCUT2D eigenvalue weighted by molar-refractivity contribution is -0.122. The average Bonchev–Trinajstić information content (AvgIpc) is 2.63. The van der Waals surface area contributed by atoms with Crippen LogP contribution in [0, 0.1) is 0 Å². The van der Waals surface area contributed by atoms with E-state index >= 15 is 0 Å². The molecule has 1 N–H and O–H groups in total. The van der Waals surface area contributed by atoms with Crippen LogP contribution in [0.25, 0.3) is 0 Å². The average molecular weight is 334 g/mol. The lowest BCUT2D eigenvalue weighted by atomic mass is 10.2. The number of nitrogens with zero attached hydrogens (tertiary/aromatic N) is 1. The van der Waals surface area contributed by atoms with E-state index in [4.69, 9.17) is 9.47 Å². The molecule has 126 valence electrons. The topological polar surface area (TPSA) is 60.5 Å². The quantitative estimate of drug-likeness (QED) is 0.731. The van der Waals surface area contributed by atoms with Crippen LogP contribution >= 0.6 is 0 Å². The smallest absolute Gasteiger partial charge is 0.265 e. The standard InChI is InChI=1S/C20H18N2O3/c1-15(24-19-11-6-12-21-14-19)20(23)22-16-7-5-10-18(13-16)25-17-8-3-2-4-9-17/h2-15H,1H3,(H,22,23). The normalized spacial score (nSPS) is 11.4. The van der Waals surface area contributed by atoms with Gasteiger partial charge in [-0.2, -0.15) is 0 Å². The molecular weight excluding hydrogens is 316 g/mol. The molecule has 0 aliphatic rings. The highest BCUT2D eigenvalue weighted by Crippen LogP contribution is 2.24. The van der Waals surface area contributed by atoms with Crippen LogP contribution in [0.5, 0.6) is 17.2 Å². The van der Waals surface area contributed by atoms with Gasteiger partial charge in [0.2, 0.25) is 0 Å². The van der Waals surface area contributed by atoms with Gasteiger partial charge in [-0.1, -0.05) is 24.3 Å². The summed E-state index contributed by atoms with van der Waals surface area (Å²) >= 11 is 0. The van der Waals surface area contributed by atoms with Gasteiger partial charge in [-0.25, -0.2) is 0 Å². The zero-order valence-electron chi connectivity index (χ0n) is 13.8. The maximum atomic E-state index is 12.3. The minimum Gasteiger partial charge on any atom is -0.479 e. The molecule has 0 fully saturated rings. The number of anilines is 1. The van der Waals surface area contributed by atoms with Gasteiger partial charge in [0.15, 0.2) is 6.10 Å². The Morgan fingerprint density at radius 3 is 2.48 bits per heavy atom. The minimum atomic E-state index is -0.650. The summed E-state index contributed by atoms with van der Waals surface area (Å²) in [5, 5.41) is 2.82. The molecule has 1 heterocycles. The van der Waals surface area contributed by atoms with Gasteiger partial charge in [0.05, 0.1) is 6.20 Å². The molecular formula is C20H18N2O3. The number of carbonyl (C=O) groups excluding carboxylic acids is 1. The fourth-order valence-corrected chi connectivity index (χ4v) is 2.18. The fourth-order valence-electron chi connectivity index (χ4n) is 2.18. The van der Waals surface area contributed by atoms with Gasteiger partial charge in [-0.3, -0.25) is 9.78 Å². The van der Waals surface area contributed by atoms with E-state index < -0.39 is 6.10 Å². The van der Waals surface area contributed by atoms with Gasteiger partial charge in [0.1, 0.15) is 17.2 Å². The molecule has 5 heteroatoms. The number of amides is 1. The van der Waals surface area contributed by atoms with Crippen LogP contribution in [0.2, 0.25) is 0 Å². The predicted molar refractivity (Wildman–Crippen MR) is 95.9 cm³/mol. The van der Waals surface area contributed by atoms with E-state index in [1.54, 1.807) is 43.6 Å². The number of rotatable bonds is 6. The number of nitrogens with one attached hydrogen (secondary N) is 1. The van der Waals surface area contributed by atoms with Crippen molar-refractivity contribution in [3.8, 4) is 17.2 Å². The summed E-state index contributed by atoms with van der Waals surface area (Å²) in [4.78, 5) is 16.2. The third kappa shape index (κ3) is 4.81. The van der Waals surface area contributed by atoms with Gasteiger partial charge in [-0.15, -0.1) is 0 Å². The summed E-state index contributed by atoms with van der Waals surface area (Å²) in [6, 6.07) is 20.2. The Bertz CT molecular complexity index is 823. The van der Waals surface area contributed by atoms with E-state index in [-0.39, 0.29) is 5.91 Å². The van der Waals surface area contributed by atoms with Crippen LogP contribution in [0.4, 0.5) is 5.69 Å². The highest BCUT2D eigenvalue weighted by Gasteiger charge is 2.15. The molecule has 1 atom stereocenters. The van der Waals surface area contributed by atoms with Crippen LogP contribution in [0.1, 0.15) is 6.92 Å². The molecule has 0 saturated heterocycles. The van der Waals surface area contributed by atoms with Crippen molar-refractivity contribution in [2.75, 3.05) is 5.32 Å². The Morgan fingerprint density at radius 1 is 0.960 bits per heavy atom. The molecule has 1 aromatic heterocycles. The number of para-hydroxylation sites is 1. The van der Waals surface area contributed by atoms with E-state index in [2.05, 4.69) is 10.3 Å². The molecule has 0 aliphatic heterocycles. The summed E-state index contributed by atoms with van der Waals surface area (Å²) < 4.78 is 11.3. The van der Waals surface area contributed by atoms with Crippen LogP contribution in [-0.2, 0) is 4.79 Å². The predicted octanol–water partition coefficient (Wildman–Crippen LogP) is 4.28. The number of carbonyl (C=O) groups is 1. The summed E-state index contributed by atoms with van der Waals surface area (Å²) in [5.74, 6) is 1.68. The third-order valence-electron chi connectivity index (χ3n) is 3.40. The molecule has 5 nitrogen and oxygen atoms in total. The molecule has 0 aliphatic carbocycles. The lowest BCUT2D eigenvalue weighted by Crippen LogP contribution is -2.30. The first kappa shape index (κ1) is 16.5. The van der Waals surface area contributed by atoms with Crippen LogP contribution < -0.4 is 14.8 Å². The molecule has 25 heavy (non-hydrogen) atoms.